The summed E-state index contributed by atoms with van der Waals surface area (Å²) in [5, 5.41) is 9.97. The lowest BCUT2D eigenvalue weighted by Crippen LogP contribution is -2.21. The van der Waals surface area contributed by atoms with E-state index in [9.17, 15) is 5.11 Å². The summed E-state index contributed by atoms with van der Waals surface area (Å²) in [6, 6.07) is 9.40. The van der Waals surface area contributed by atoms with Crippen molar-refractivity contribution in [1.82, 2.24) is 4.90 Å². The van der Waals surface area contributed by atoms with Gasteiger partial charge >= 0.3 is 0 Å². The molecule has 0 saturated heterocycles. The molecule has 1 rings (SSSR count). The maximum absolute atomic E-state index is 9.97. The number of likely N-dealkylation sites (N-methyl/N-ethyl adjacent to an activating group) is 1. The van der Waals surface area contributed by atoms with Gasteiger partial charge in [0.05, 0.1) is 0 Å². The van der Waals surface area contributed by atoms with Gasteiger partial charge in [0.1, 0.15) is 10.7 Å². The molecule has 1 aromatic rings. The first-order valence-corrected chi connectivity index (χ1v) is 5.11. The fourth-order valence-corrected chi connectivity index (χ4v) is 1.35. The number of thiocarbonyl (C=S) groups is 1. The van der Waals surface area contributed by atoms with Crippen LogP contribution in [0.5, 0.6) is 0 Å². The molecule has 0 aromatic heterocycles. The van der Waals surface area contributed by atoms with Gasteiger partial charge in [0.25, 0.3) is 0 Å². The second kappa shape index (κ2) is 4.94. The van der Waals surface area contributed by atoms with Gasteiger partial charge in [-0.15, -0.1) is 0 Å². The van der Waals surface area contributed by atoms with Crippen molar-refractivity contribution in [3.63, 3.8) is 0 Å². The molecule has 3 heteroatoms. The highest BCUT2D eigenvalue weighted by Crippen LogP contribution is 2.17. The lowest BCUT2D eigenvalue weighted by molar-refractivity contribution is 0.507. The lowest BCUT2D eigenvalue weighted by atomic mass is 10.1. The Balaban J connectivity index is 3.06. The number of aliphatic hydroxyl groups excluding tert-OH is 1. The first-order chi connectivity index (χ1) is 7.04. The van der Waals surface area contributed by atoms with Crippen molar-refractivity contribution in [2.75, 3.05) is 14.1 Å². The molecule has 1 N–H and O–H groups in total. The maximum atomic E-state index is 9.97. The number of rotatable bonds is 2. The Hall–Kier alpha value is -1.35. The molecule has 0 saturated carbocycles. The Labute approximate surface area is 95.8 Å². The van der Waals surface area contributed by atoms with E-state index in [1.54, 1.807) is 0 Å². The van der Waals surface area contributed by atoms with Crippen LogP contribution in [0.2, 0.25) is 0 Å². The number of benzene rings is 1. The van der Waals surface area contributed by atoms with Crippen molar-refractivity contribution in [2.45, 2.75) is 6.92 Å². The highest BCUT2D eigenvalue weighted by Gasteiger charge is 2.09. The van der Waals surface area contributed by atoms with E-state index in [0.717, 1.165) is 11.1 Å². The summed E-state index contributed by atoms with van der Waals surface area (Å²) in [7, 11) is 3.73. The van der Waals surface area contributed by atoms with Gasteiger partial charge in [-0.1, -0.05) is 42.5 Å². The van der Waals surface area contributed by atoms with Crippen molar-refractivity contribution in [3.8, 4) is 0 Å². The molecule has 0 fully saturated rings. The van der Waals surface area contributed by atoms with E-state index in [1.165, 1.54) is 0 Å². The average molecular weight is 221 g/mol. The molecule has 0 heterocycles. The number of nitrogens with zero attached hydrogens (tertiary/aromatic N) is 1. The zero-order valence-corrected chi connectivity index (χ0v) is 10.0. The molecule has 0 unspecified atom stereocenters. The molecule has 15 heavy (non-hydrogen) atoms. The summed E-state index contributed by atoms with van der Waals surface area (Å²) in [4.78, 5) is 2.46. The molecule has 80 valence electrons. The Morgan fingerprint density at radius 3 is 2.20 bits per heavy atom. The first-order valence-electron chi connectivity index (χ1n) is 4.71. The zero-order chi connectivity index (χ0) is 11.4. The van der Waals surface area contributed by atoms with Crippen molar-refractivity contribution in [3.05, 3.63) is 41.5 Å². The summed E-state index contributed by atoms with van der Waals surface area (Å²) in [5.41, 5.74) is 1.51. The molecular formula is C12H15NOS. The van der Waals surface area contributed by atoms with Gasteiger partial charge in [-0.05, 0) is 6.92 Å². The first kappa shape index (κ1) is 11.7. The number of aliphatic hydroxyl groups is 1. The van der Waals surface area contributed by atoms with Crippen molar-refractivity contribution in [2.24, 2.45) is 0 Å². The fourth-order valence-electron chi connectivity index (χ4n) is 1.25. The van der Waals surface area contributed by atoms with E-state index in [2.05, 4.69) is 0 Å². The van der Waals surface area contributed by atoms with Gasteiger partial charge in [-0.2, -0.15) is 0 Å². The largest absolute Gasteiger partial charge is 0.507 e. The second-order valence-electron chi connectivity index (χ2n) is 3.54. The molecule has 0 aliphatic carbocycles. The van der Waals surface area contributed by atoms with Crippen LogP contribution in [0, 0.1) is 0 Å². The van der Waals surface area contributed by atoms with Gasteiger partial charge < -0.3 is 10.0 Å². The van der Waals surface area contributed by atoms with Crippen molar-refractivity contribution < 1.29 is 5.11 Å². The molecule has 0 aliphatic heterocycles. The van der Waals surface area contributed by atoms with Crippen LogP contribution in [0.25, 0.3) is 5.76 Å². The third-order valence-electron chi connectivity index (χ3n) is 2.13. The average Bonchev–Trinajstić information content (AvgIpc) is 2.27. The van der Waals surface area contributed by atoms with Crippen molar-refractivity contribution >= 4 is 23.0 Å². The van der Waals surface area contributed by atoms with E-state index in [1.807, 2.05) is 56.3 Å². The van der Waals surface area contributed by atoms with Gasteiger partial charge in [-0.25, -0.2) is 0 Å². The third kappa shape index (κ3) is 2.80. The molecular weight excluding hydrogens is 206 g/mol. The Morgan fingerprint density at radius 2 is 1.73 bits per heavy atom. The topological polar surface area (TPSA) is 23.5 Å². The zero-order valence-electron chi connectivity index (χ0n) is 9.19. The minimum atomic E-state index is 0.245. The van der Waals surface area contributed by atoms with E-state index in [0.29, 0.717) is 4.99 Å². The molecule has 2 nitrogen and oxygen atoms in total. The normalized spacial score (nSPS) is 11.9. The monoisotopic (exact) mass is 221 g/mol. The number of hydrogen-bond acceptors (Lipinski definition) is 2. The third-order valence-corrected chi connectivity index (χ3v) is 2.80. The maximum Gasteiger partial charge on any atom is 0.128 e. The second-order valence-corrected chi connectivity index (χ2v) is 3.93. The molecule has 1 aromatic carbocycles. The molecule has 0 aliphatic rings. The van der Waals surface area contributed by atoms with Crippen LogP contribution in [0.15, 0.2) is 35.9 Å². The minimum absolute atomic E-state index is 0.245. The van der Waals surface area contributed by atoms with Crippen LogP contribution in [0.4, 0.5) is 0 Å². The highest BCUT2D eigenvalue weighted by molar-refractivity contribution is 7.80. The summed E-state index contributed by atoms with van der Waals surface area (Å²) in [6.45, 7) is 1.82. The smallest absolute Gasteiger partial charge is 0.128 e. The lowest BCUT2D eigenvalue weighted by Gasteiger charge is -2.15. The standard InChI is InChI=1S/C12H15NOS/c1-9(12(15)13(2)3)11(14)10-7-5-4-6-8-10/h4-8,14H,1-3H3. The minimum Gasteiger partial charge on any atom is -0.507 e. The fraction of sp³-hybridized carbons (Fsp3) is 0.250. The van der Waals surface area contributed by atoms with Crippen LogP contribution in [-0.4, -0.2) is 29.1 Å². The molecule has 0 spiro atoms. The summed E-state index contributed by atoms with van der Waals surface area (Å²) in [5.74, 6) is 0.245. The van der Waals surface area contributed by atoms with Gasteiger partial charge in [0.2, 0.25) is 0 Å². The Bertz CT molecular complexity index is 382. The van der Waals surface area contributed by atoms with Crippen LogP contribution >= 0.6 is 12.2 Å². The van der Waals surface area contributed by atoms with Crippen LogP contribution in [0.3, 0.4) is 0 Å². The van der Waals surface area contributed by atoms with Crippen molar-refractivity contribution in [1.29, 1.82) is 0 Å². The summed E-state index contributed by atoms with van der Waals surface area (Å²) >= 11 is 5.18. The van der Waals surface area contributed by atoms with E-state index in [-0.39, 0.29) is 5.76 Å². The summed E-state index contributed by atoms with van der Waals surface area (Å²) in [6.07, 6.45) is 0. The van der Waals surface area contributed by atoms with E-state index in [4.69, 9.17) is 12.2 Å². The van der Waals surface area contributed by atoms with Crippen LogP contribution in [0.1, 0.15) is 12.5 Å². The summed E-state index contributed by atoms with van der Waals surface area (Å²) < 4.78 is 0. The van der Waals surface area contributed by atoms with Gasteiger partial charge in [0.15, 0.2) is 0 Å². The molecule has 0 amide bonds. The molecule has 0 bridgehead atoms. The number of hydrogen-bond donors (Lipinski definition) is 1. The molecule has 0 radical (unpaired) electrons. The quantitative estimate of drug-likeness (QED) is 0.472. The Kier molecular flexibility index (Phi) is 3.86. The SMILES string of the molecule is CC(C(=S)N(C)C)=C(O)c1ccccc1. The predicted octanol–water partition coefficient (Wildman–Crippen LogP) is 2.86. The van der Waals surface area contributed by atoms with E-state index < -0.39 is 0 Å². The predicted molar refractivity (Wildman–Crippen MR) is 67.9 cm³/mol. The Morgan fingerprint density at radius 1 is 1.20 bits per heavy atom. The van der Waals surface area contributed by atoms with Crippen LogP contribution < -0.4 is 0 Å². The highest BCUT2D eigenvalue weighted by atomic mass is 32.1. The van der Waals surface area contributed by atoms with Gasteiger partial charge in [0, 0.05) is 25.2 Å². The van der Waals surface area contributed by atoms with Crippen LogP contribution in [-0.2, 0) is 0 Å². The molecule has 0 atom stereocenters. The van der Waals surface area contributed by atoms with E-state index >= 15 is 0 Å². The van der Waals surface area contributed by atoms with Gasteiger partial charge in [-0.3, -0.25) is 0 Å².